The van der Waals surface area contributed by atoms with E-state index in [1.54, 1.807) is 0 Å². The van der Waals surface area contributed by atoms with E-state index < -0.39 is 0 Å². The van der Waals surface area contributed by atoms with Gasteiger partial charge in [-0.15, -0.1) is 0 Å². The van der Waals surface area contributed by atoms with Crippen LogP contribution in [-0.4, -0.2) is 89.5 Å². The van der Waals surface area contributed by atoms with Crippen LogP contribution < -0.4 is 0 Å². The molecule has 0 aliphatic heterocycles. The highest BCUT2D eigenvalue weighted by Crippen LogP contribution is 2.04. The highest BCUT2D eigenvalue weighted by molar-refractivity contribution is 6.27. The maximum absolute atomic E-state index is 5.90. The van der Waals surface area contributed by atoms with Gasteiger partial charge in [0.05, 0.1) is 0 Å². The Morgan fingerprint density at radius 1 is 0.571 bits per heavy atom. The van der Waals surface area contributed by atoms with Gasteiger partial charge >= 0.3 is 0 Å². The van der Waals surface area contributed by atoms with Gasteiger partial charge in [0.1, 0.15) is 0 Å². The van der Waals surface area contributed by atoms with E-state index in [1.165, 1.54) is 103 Å². The summed E-state index contributed by atoms with van der Waals surface area (Å²) in [5, 5.41) is 0. The van der Waals surface area contributed by atoms with Gasteiger partial charge in [0.15, 0.2) is 9.76 Å². The van der Waals surface area contributed by atoms with E-state index in [1.807, 2.05) is 0 Å². The van der Waals surface area contributed by atoms with Crippen molar-refractivity contribution >= 4 is 9.76 Å². The van der Waals surface area contributed by atoms with Gasteiger partial charge in [0, 0.05) is 6.10 Å². The molecule has 0 atom stereocenters. The minimum absolute atomic E-state index is 0.352. The van der Waals surface area contributed by atoms with Crippen LogP contribution in [0.1, 0.15) is 80.1 Å². The van der Waals surface area contributed by atoms with Crippen LogP contribution in [-0.2, 0) is 4.43 Å². The van der Waals surface area contributed by atoms with Crippen LogP contribution in [0.15, 0.2) is 0 Å². The molecule has 0 aliphatic rings. The first-order valence-corrected chi connectivity index (χ1v) is 13.9. The predicted molar refractivity (Wildman–Crippen MR) is 129 cm³/mol. The Hall–Kier alpha value is 0.0569. The van der Waals surface area contributed by atoms with Gasteiger partial charge in [-0.3, -0.25) is 0 Å². The predicted octanol–water partition coefficient (Wildman–Crippen LogP) is 4.24. The van der Waals surface area contributed by atoms with Gasteiger partial charge < -0.3 is 19.1 Å². The fourth-order valence-electron chi connectivity index (χ4n) is 3.91. The molecule has 0 radical (unpaired) electrons. The molecule has 170 valence electrons. The largest absolute Gasteiger partial charge is 0.422 e. The third kappa shape index (κ3) is 17.0. The molecule has 0 saturated heterocycles. The average molecular weight is 416 g/mol. The van der Waals surface area contributed by atoms with Crippen LogP contribution in [0, 0.1) is 0 Å². The zero-order valence-electron chi connectivity index (χ0n) is 20.3. The fourth-order valence-corrected chi connectivity index (χ4v) is 5.13. The zero-order valence-corrected chi connectivity index (χ0v) is 21.8. The molecule has 28 heavy (non-hydrogen) atoms. The first-order valence-electron chi connectivity index (χ1n) is 12.4. The molecule has 0 aromatic heterocycles. The van der Waals surface area contributed by atoms with E-state index in [4.69, 9.17) is 4.43 Å². The number of hydrogen-bond donors (Lipinski definition) is 0. The molecule has 0 aliphatic carbocycles. The summed E-state index contributed by atoms with van der Waals surface area (Å²) in [5.41, 5.74) is 0. The molecule has 0 fully saturated rings. The molecule has 0 rings (SSSR count). The molecular formula is C23H53N3OSi. The van der Waals surface area contributed by atoms with Gasteiger partial charge in [0.2, 0.25) is 0 Å². The van der Waals surface area contributed by atoms with Crippen LogP contribution >= 0.6 is 0 Å². The maximum Gasteiger partial charge on any atom is 0.163 e. The lowest BCUT2D eigenvalue weighted by Gasteiger charge is -2.27. The second kappa shape index (κ2) is 20.3. The van der Waals surface area contributed by atoms with E-state index in [0.717, 1.165) is 0 Å². The minimum atomic E-state index is -0.352. The van der Waals surface area contributed by atoms with Crippen molar-refractivity contribution < 1.29 is 4.43 Å². The highest BCUT2D eigenvalue weighted by Gasteiger charge is 2.09. The average Bonchev–Trinajstić information content (AvgIpc) is 2.65. The summed E-state index contributed by atoms with van der Waals surface area (Å²) < 4.78 is 5.90. The molecule has 0 N–H and O–H groups in total. The van der Waals surface area contributed by atoms with E-state index in [0.29, 0.717) is 6.10 Å². The molecular weight excluding hydrogens is 362 g/mol. The summed E-state index contributed by atoms with van der Waals surface area (Å²) in [6.07, 6.45) is 8.10. The SMILES string of the molecule is CCCN(CCC)CCCN(CCCN(CCC)CCC)CC[SiH2]OC(C)C. The maximum atomic E-state index is 5.90. The molecule has 0 saturated carbocycles. The third-order valence-corrected chi connectivity index (χ3v) is 6.63. The quantitative estimate of drug-likeness (QED) is 0.206. The van der Waals surface area contributed by atoms with E-state index >= 15 is 0 Å². The molecule has 0 heterocycles. The Morgan fingerprint density at radius 2 is 0.929 bits per heavy atom. The van der Waals surface area contributed by atoms with Crippen molar-refractivity contribution in [1.29, 1.82) is 0 Å². The van der Waals surface area contributed by atoms with Crippen LogP contribution in [0.25, 0.3) is 0 Å². The lowest BCUT2D eigenvalue weighted by molar-refractivity contribution is 0.209. The lowest BCUT2D eigenvalue weighted by atomic mass is 10.2. The van der Waals surface area contributed by atoms with Gasteiger partial charge in [-0.1, -0.05) is 27.7 Å². The molecule has 0 amide bonds. The van der Waals surface area contributed by atoms with Crippen molar-refractivity contribution in [3.63, 3.8) is 0 Å². The van der Waals surface area contributed by atoms with Gasteiger partial charge in [0.25, 0.3) is 0 Å². The zero-order chi connectivity index (χ0) is 21.0. The third-order valence-electron chi connectivity index (χ3n) is 5.13. The van der Waals surface area contributed by atoms with Crippen LogP contribution in [0.2, 0.25) is 6.04 Å². The fraction of sp³-hybridized carbons (Fsp3) is 1.00. The first kappa shape index (κ1) is 28.1. The van der Waals surface area contributed by atoms with Crippen LogP contribution in [0.5, 0.6) is 0 Å². The summed E-state index contributed by atoms with van der Waals surface area (Å²) in [6, 6.07) is 1.29. The van der Waals surface area contributed by atoms with Gasteiger partial charge in [-0.2, -0.15) is 0 Å². The summed E-state index contributed by atoms with van der Waals surface area (Å²) in [6.45, 7) is 24.8. The van der Waals surface area contributed by atoms with Crippen LogP contribution in [0.3, 0.4) is 0 Å². The molecule has 4 nitrogen and oxygen atoms in total. The van der Waals surface area contributed by atoms with Crippen molar-refractivity contribution in [3.05, 3.63) is 0 Å². The van der Waals surface area contributed by atoms with Crippen molar-refractivity contribution in [2.75, 3.05) is 58.9 Å². The number of rotatable bonds is 21. The molecule has 0 aromatic carbocycles. The Labute approximate surface area is 180 Å². The smallest absolute Gasteiger partial charge is 0.163 e. The summed E-state index contributed by atoms with van der Waals surface area (Å²) in [7, 11) is -0.352. The minimum Gasteiger partial charge on any atom is -0.422 e. The summed E-state index contributed by atoms with van der Waals surface area (Å²) in [5.74, 6) is 0. The topological polar surface area (TPSA) is 19.0 Å². The van der Waals surface area contributed by atoms with Crippen molar-refractivity contribution in [2.45, 2.75) is 92.2 Å². The highest BCUT2D eigenvalue weighted by atomic mass is 28.2. The second-order valence-corrected chi connectivity index (χ2v) is 9.95. The Balaban J connectivity index is 4.34. The first-order chi connectivity index (χ1) is 13.6. The molecule has 5 heteroatoms. The van der Waals surface area contributed by atoms with Gasteiger partial charge in [-0.25, -0.2) is 0 Å². The molecule has 0 spiro atoms. The Bertz CT molecular complexity index is 284. The lowest BCUT2D eigenvalue weighted by Crippen LogP contribution is -2.34. The van der Waals surface area contributed by atoms with Crippen molar-refractivity contribution in [1.82, 2.24) is 14.7 Å². The van der Waals surface area contributed by atoms with E-state index in [9.17, 15) is 0 Å². The van der Waals surface area contributed by atoms with Crippen molar-refractivity contribution in [2.24, 2.45) is 0 Å². The standard InChI is InChI=1S/C23H53N3OSi/c1-7-13-24(14-8-2)17-11-19-26(21-22-28-27-23(5)6)20-12-18-25(15-9-3)16-10-4/h23H,7-22,28H2,1-6H3. The summed E-state index contributed by atoms with van der Waals surface area (Å²) in [4.78, 5) is 8.03. The van der Waals surface area contributed by atoms with Gasteiger partial charge in [-0.05, 0) is 117 Å². The van der Waals surface area contributed by atoms with Crippen molar-refractivity contribution in [3.8, 4) is 0 Å². The molecule has 0 unspecified atom stereocenters. The Morgan fingerprint density at radius 3 is 1.25 bits per heavy atom. The van der Waals surface area contributed by atoms with E-state index in [-0.39, 0.29) is 9.76 Å². The molecule has 0 aromatic rings. The Kier molecular flexibility index (Phi) is 20.4. The van der Waals surface area contributed by atoms with Crippen LogP contribution in [0.4, 0.5) is 0 Å². The second-order valence-electron chi connectivity index (χ2n) is 8.51. The normalized spacial score (nSPS) is 12.6. The number of nitrogens with zero attached hydrogens (tertiary/aromatic N) is 3. The monoisotopic (exact) mass is 415 g/mol. The van der Waals surface area contributed by atoms with E-state index in [2.05, 4.69) is 56.2 Å². The number of hydrogen-bond acceptors (Lipinski definition) is 4. The molecule has 0 bridgehead atoms. The summed E-state index contributed by atoms with van der Waals surface area (Å²) >= 11 is 0.